The molecule has 0 aromatic heterocycles. The van der Waals surface area contributed by atoms with Crippen LogP contribution in [0.1, 0.15) is 87.0 Å². The van der Waals surface area contributed by atoms with Crippen LogP contribution in [0.3, 0.4) is 0 Å². The monoisotopic (exact) mass is 1070 g/mol. The van der Waals surface area contributed by atoms with E-state index in [1.165, 1.54) is 4.90 Å². The first-order chi connectivity index (χ1) is 37.7. The minimum absolute atomic E-state index is 0.00191. The molecule has 8 rings (SSSR count). The number of nitrogens with one attached hydrogen (secondary N) is 7. The molecule has 4 aliphatic rings. The van der Waals surface area contributed by atoms with E-state index in [0.717, 1.165) is 53.6 Å². The Labute approximate surface area is 455 Å². The van der Waals surface area contributed by atoms with Gasteiger partial charge in [0.25, 0.3) is 5.91 Å². The highest BCUT2D eigenvalue weighted by atomic mass is 16.4. The van der Waals surface area contributed by atoms with Crippen molar-refractivity contribution < 1.29 is 48.6 Å². The largest absolute Gasteiger partial charge is 0.480 e. The Hall–Kier alpha value is -7.48. The van der Waals surface area contributed by atoms with Crippen LogP contribution in [0.25, 0.3) is 11.1 Å². The van der Waals surface area contributed by atoms with Crippen molar-refractivity contribution in [2.24, 2.45) is 0 Å². The molecule has 0 bridgehead atoms. The van der Waals surface area contributed by atoms with E-state index in [0.29, 0.717) is 57.3 Å². The van der Waals surface area contributed by atoms with Gasteiger partial charge in [-0.3, -0.25) is 39.4 Å². The molecule has 8 atom stereocenters. The van der Waals surface area contributed by atoms with Gasteiger partial charge < -0.3 is 46.6 Å². The van der Waals surface area contributed by atoms with Crippen molar-refractivity contribution >= 4 is 47.4 Å². The second-order valence-electron chi connectivity index (χ2n) is 21.1. The summed E-state index contributed by atoms with van der Waals surface area (Å²) in [4.78, 5) is 110. The first-order valence-electron chi connectivity index (χ1n) is 27.4. The highest BCUT2D eigenvalue weighted by molar-refractivity contribution is 5.93. The number of hydrogen-bond acceptors (Lipinski definition) is 11. The Bertz CT molecular complexity index is 2740. The third-order valence-electron chi connectivity index (χ3n) is 15.2. The molecule has 9 N–H and O–H groups in total. The first kappa shape index (κ1) is 56.7. The first-order valence-corrected chi connectivity index (χ1v) is 27.4. The van der Waals surface area contributed by atoms with E-state index in [4.69, 9.17) is 0 Å². The van der Waals surface area contributed by atoms with Gasteiger partial charge in [0.2, 0.25) is 29.5 Å². The quantitative estimate of drug-likeness (QED) is 0.0410. The number of likely N-dealkylation sites (tertiary alicyclic amines) is 2. The van der Waals surface area contributed by atoms with Crippen molar-refractivity contribution in [1.29, 1.82) is 0 Å². The van der Waals surface area contributed by atoms with E-state index in [1.54, 1.807) is 17.0 Å². The second kappa shape index (κ2) is 26.7. The molecule has 4 aromatic carbocycles. The SMILES string of the molecule is CCCNC1(C(=O)NC(CC(=O)NC(Cc2ccccc2)C(=O)N2CCCC2C(=O)O)Cc2ccc(-c3ccc(CC(NC(=O)CC(Cc4ccccc4)NC(=O)C4CCCN4C(=O)C4CCCN4)C(=O)O)cc3)cc2)CN1. The number of aliphatic carboxylic acids is 2. The Balaban J connectivity index is 0.900. The Morgan fingerprint density at radius 1 is 0.603 bits per heavy atom. The van der Waals surface area contributed by atoms with Crippen molar-refractivity contribution in [2.75, 3.05) is 32.7 Å². The van der Waals surface area contributed by atoms with Gasteiger partial charge in [-0.05, 0) is 104 Å². The summed E-state index contributed by atoms with van der Waals surface area (Å²) in [5.41, 5.74) is 3.91. The summed E-state index contributed by atoms with van der Waals surface area (Å²) in [5, 5.41) is 41.4. The Kier molecular flexibility index (Phi) is 19.4. The molecule has 4 fully saturated rings. The predicted molar refractivity (Wildman–Crippen MR) is 291 cm³/mol. The van der Waals surface area contributed by atoms with E-state index in [9.17, 15) is 48.6 Å². The highest BCUT2D eigenvalue weighted by Crippen LogP contribution is 2.25. The molecule has 19 heteroatoms. The molecule has 8 unspecified atom stereocenters. The molecule has 78 heavy (non-hydrogen) atoms. The molecule has 4 aliphatic heterocycles. The van der Waals surface area contributed by atoms with Crippen LogP contribution in [-0.2, 0) is 64.0 Å². The number of carbonyl (C=O) groups excluding carboxylic acids is 6. The average Bonchev–Trinajstić information content (AvgIpc) is 3.87. The molecule has 4 aromatic rings. The fourth-order valence-electron chi connectivity index (χ4n) is 10.9. The third kappa shape index (κ3) is 15.2. The van der Waals surface area contributed by atoms with Crippen LogP contribution in [0.5, 0.6) is 0 Å². The van der Waals surface area contributed by atoms with Gasteiger partial charge in [-0.1, -0.05) is 116 Å². The molecule has 6 amide bonds. The van der Waals surface area contributed by atoms with Gasteiger partial charge in [0, 0.05) is 57.4 Å². The highest BCUT2D eigenvalue weighted by Gasteiger charge is 2.50. The number of carboxylic acids is 2. The van der Waals surface area contributed by atoms with Gasteiger partial charge in [-0.15, -0.1) is 0 Å². The summed E-state index contributed by atoms with van der Waals surface area (Å²) in [6.07, 6.45) is 4.91. The molecule has 19 nitrogen and oxygen atoms in total. The zero-order valence-corrected chi connectivity index (χ0v) is 44.2. The third-order valence-corrected chi connectivity index (χ3v) is 15.2. The number of rotatable bonds is 26. The lowest BCUT2D eigenvalue weighted by molar-refractivity contribution is -0.149. The lowest BCUT2D eigenvalue weighted by Crippen LogP contribution is -2.55. The van der Waals surface area contributed by atoms with Crippen molar-refractivity contribution in [3.05, 3.63) is 131 Å². The topological polar surface area (TPSA) is 278 Å². The number of carbonyl (C=O) groups is 8. The summed E-state index contributed by atoms with van der Waals surface area (Å²) < 4.78 is 0. The van der Waals surface area contributed by atoms with Crippen molar-refractivity contribution in [2.45, 2.75) is 138 Å². The Morgan fingerprint density at radius 3 is 1.65 bits per heavy atom. The van der Waals surface area contributed by atoms with Crippen LogP contribution >= 0.6 is 0 Å². The van der Waals surface area contributed by atoms with Crippen molar-refractivity contribution in [3.63, 3.8) is 0 Å². The lowest BCUT2D eigenvalue weighted by atomic mass is 9.97. The molecule has 414 valence electrons. The maximum atomic E-state index is 14.0. The number of amides is 6. The van der Waals surface area contributed by atoms with Crippen LogP contribution in [-0.4, -0.2) is 148 Å². The molecule has 0 spiro atoms. The van der Waals surface area contributed by atoms with Crippen molar-refractivity contribution in [1.82, 2.24) is 47.0 Å². The van der Waals surface area contributed by atoms with Gasteiger partial charge in [-0.2, -0.15) is 0 Å². The van der Waals surface area contributed by atoms with E-state index in [2.05, 4.69) is 37.2 Å². The number of benzene rings is 4. The number of nitrogens with zero attached hydrogens (tertiary/aromatic N) is 2. The molecular formula is C59H73N9O10. The van der Waals surface area contributed by atoms with Crippen molar-refractivity contribution in [3.8, 4) is 11.1 Å². The smallest absolute Gasteiger partial charge is 0.326 e. The summed E-state index contributed by atoms with van der Waals surface area (Å²) in [6, 6.07) is 28.0. The maximum absolute atomic E-state index is 14.0. The van der Waals surface area contributed by atoms with Crippen LogP contribution in [0, 0.1) is 0 Å². The van der Waals surface area contributed by atoms with Gasteiger partial charge >= 0.3 is 11.9 Å². The van der Waals surface area contributed by atoms with Gasteiger partial charge in [0.15, 0.2) is 5.66 Å². The molecule has 0 saturated carbocycles. The zero-order valence-electron chi connectivity index (χ0n) is 44.2. The molecular weight excluding hydrogens is 995 g/mol. The lowest BCUT2D eigenvalue weighted by Gasteiger charge is -2.28. The molecule has 0 aliphatic carbocycles. The van der Waals surface area contributed by atoms with E-state index in [-0.39, 0.29) is 62.4 Å². The van der Waals surface area contributed by atoms with Gasteiger partial charge in [0.05, 0.1) is 6.04 Å². The Morgan fingerprint density at radius 2 is 1.12 bits per heavy atom. The normalized spacial score (nSPS) is 21.2. The molecule has 4 heterocycles. The van der Waals surface area contributed by atoms with Gasteiger partial charge in [-0.25, -0.2) is 9.59 Å². The van der Waals surface area contributed by atoms with E-state index >= 15 is 0 Å². The van der Waals surface area contributed by atoms with Gasteiger partial charge in [0.1, 0.15) is 24.2 Å². The number of carboxylic acid groups (broad SMARTS) is 2. The fourth-order valence-corrected chi connectivity index (χ4v) is 10.9. The summed E-state index contributed by atoms with van der Waals surface area (Å²) in [7, 11) is 0. The second-order valence-corrected chi connectivity index (χ2v) is 21.1. The fraction of sp³-hybridized carbons (Fsp3) is 0.458. The van der Waals surface area contributed by atoms with Crippen LogP contribution < -0.4 is 37.2 Å². The average molecular weight is 1070 g/mol. The summed E-state index contributed by atoms with van der Waals surface area (Å²) in [6.45, 7) is 4.54. The standard InChI is InChI=1S/C59H73N9O10/c1-2-27-61-59(37-62-59)58(78)64-45(36-51(69)65-47(33-39-14-7-4-8-15-39)55(73)68-30-11-18-50(68)57(76)77)32-40-19-23-42(24-20-40)43-25-21-41(22-26-43)34-48(56(74)75)66-52(70)35-44(31-38-12-5-3-6-13-38)63-53(71)49-17-10-29-67(49)54(72)46-16-9-28-60-46/h3-8,12-15,19-26,44-50,60-62H,2,9-11,16-18,27-37H2,1H3,(H,63,71)(H,64,78)(H,65,69)(H,66,70)(H,74,75)(H,76,77). The molecule has 0 radical (unpaired) electrons. The molecule has 4 saturated heterocycles. The van der Waals surface area contributed by atoms with E-state index in [1.807, 2.05) is 104 Å². The van der Waals surface area contributed by atoms with Crippen LogP contribution in [0.4, 0.5) is 0 Å². The maximum Gasteiger partial charge on any atom is 0.326 e. The minimum atomic E-state index is -1.26. The minimum Gasteiger partial charge on any atom is -0.480 e. The van der Waals surface area contributed by atoms with Crippen LogP contribution in [0.15, 0.2) is 109 Å². The summed E-state index contributed by atoms with van der Waals surface area (Å²) in [5.74, 6) is -4.50. The van der Waals surface area contributed by atoms with E-state index < -0.39 is 71.6 Å². The summed E-state index contributed by atoms with van der Waals surface area (Å²) >= 11 is 0. The van der Waals surface area contributed by atoms with Crippen LogP contribution in [0.2, 0.25) is 0 Å². The predicted octanol–water partition coefficient (Wildman–Crippen LogP) is 2.85. The zero-order chi connectivity index (χ0) is 55.2. The number of hydrogen-bond donors (Lipinski definition) is 9.